The lowest BCUT2D eigenvalue weighted by atomic mass is 9.85. The van der Waals surface area contributed by atoms with Gasteiger partial charge in [-0.3, -0.25) is 4.90 Å². The molecule has 1 unspecified atom stereocenters. The van der Waals surface area contributed by atoms with Gasteiger partial charge in [-0.1, -0.05) is 19.3 Å². The first-order valence-corrected chi connectivity index (χ1v) is 7.71. The molecule has 3 heteroatoms. The van der Waals surface area contributed by atoms with E-state index in [1.54, 1.807) is 0 Å². The molecule has 0 spiro atoms. The minimum Gasteiger partial charge on any atom is -0.330 e. The molecule has 3 nitrogen and oxygen atoms in total. The van der Waals surface area contributed by atoms with Crippen LogP contribution in [0.5, 0.6) is 0 Å². The molecule has 0 aromatic carbocycles. The average Bonchev–Trinajstić information content (AvgIpc) is 2.28. The second-order valence-electron chi connectivity index (χ2n) is 6.94. The van der Waals surface area contributed by atoms with Crippen LogP contribution in [0.4, 0.5) is 0 Å². The van der Waals surface area contributed by atoms with E-state index >= 15 is 0 Å². The monoisotopic (exact) mass is 253 g/mol. The number of rotatable bonds is 3. The van der Waals surface area contributed by atoms with Gasteiger partial charge in [0.25, 0.3) is 0 Å². The van der Waals surface area contributed by atoms with Gasteiger partial charge in [0.1, 0.15) is 0 Å². The Labute approximate surface area is 113 Å². The fraction of sp³-hybridized carbons (Fsp3) is 1.00. The van der Waals surface area contributed by atoms with Crippen LogP contribution in [0.15, 0.2) is 0 Å². The van der Waals surface area contributed by atoms with E-state index in [-0.39, 0.29) is 0 Å². The first-order chi connectivity index (χ1) is 8.54. The average molecular weight is 253 g/mol. The van der Waals surface area contributed by atoms with E-state index in [2.05, 4.69) is 30.7 Å². The zero-order valence-electron chi connectivity index (χ0n) is 12.5. The van der Waals surface area contributed by atoms with E-state index in [4.69, 9.17) is 5.73 Å². The van der Waals surface area contributed by atoms with Crippen molar-refractivity contribution >= 4 is 0 Å². The minimum absolute atomic E-state index is 0.300. The Kier molecular flexibility index (Phi) is 4.68. The van der Waals surface area contributed by atoms with E-state index in [0.717, 1.165) is 19.0 Å². The maximum Gasteiger partial charge on any atom is 0.0286 e. The molecule has 1 saturated carbocycles. The van der Waals surface area contributed by atoms with Crippen LogP contribution in [0, 0.1) is 0 Å². The number of hydrogen-bond donors (Lipinski definition) is 1. The largest absolute Gasteiger partial charge is 0.330 e. The van der Waals surface area contributed by atoms with Gasteiger partial charge in [0, 0.05) is 30.7 Å². The molecular formula is C15H31N3. The van der Waals surface area contributed by atoms with Crippen molar-refractivity contribution in [2.75, 3.05) is 26.7 Å². The molecule has 2 N–H and O–H groups in total. The van der Waals surface area contributed by atoms with Crippen LogP contribution in [0.3, 0.4) is 0 Å². The molecule has 106 valence electrons. The smallest absolute Gasteiger partial charge is 0.0286 e. The van der Waals surface area contributed by atoms with E-state index in [1.807, 2.05) is 0 Å². The van der Waals surface area contributed by atoms with E-state index < -0.39 is 0 Å². The number of piperazine rings is 1. The first kappa shape index (κ1) is 14.3. The van der Waals surface area contributed by atoms with Crippen molar-refractivity contribution in [1.29, 1.82) is 0 Å². The Morgan fingerprint density at radius 2 is 1.83 bits per heavy atom. The number of likely N-dealkylation sites (N-methyl/N-ethyl adjacent to an activating group) is 1. The highest BCUT2D eigenvalue weighted by atomic mass is 15.3. The second kappa shape index (κ2) is 5.89. The number of nitrogens with zero attached hydrogens (tertiary/aromatic N) is 2. The predicted molar refractivity (Wildman–Crippen MR) is 77.7 cm³/mol. The summed E-state index contributed by atoms with van der Waals surface area (Å²) < 4.78 is 0. The lowest BCUT2D eigenvalue weighted by Crippen LogP contribution is -2.66. The normalized spacial score (nSPS) is 31.7. The van der Waals surface area contributed by atoms with Crippen LogP contribution < -0.4 is 5.73 Å². The third-order valence-corrected chi connectivity index (χ3v) is 4.74. The molecule has 0 amide bonds. The van der Waals surface area contributed by atoms with Crippen molar-refractivity contribution < 1.29 is 0 Å². The van der Waals surface area contributed by atoms with Gasteiger partial charge in [0.2, 0.25) is 0 Å². The third-order valence-electron chi connectivity index (χ3n) is 4.74. The fourth-order valence-corrected chi connectivity index (χ4v) is 4.32. The highest BCUT2D eigenvalue weighted by Gasteiger charge is 2.42. The lowest BCUT2D eigenvalue weighted by Gasteiger charge is -2.55. The summed E-state index contributed by atoms with van der Waals surface area (Å²) in [5.41, 5.74) is 6.14. The summed E-state index contributed by atoms with van der Waals surface area (Å²) in [6.07, 6.45) is 8.21. The van der Waals surface area contributed by atoms with Crippen LogP contribution >= 0.6 is 0 Å². The Morgan fingerprint density at radius 3 is 2.44 bits per heavy atom. The van der Waals surface area contributed by atoms with Crippen LogP contribution in [-0.4, -0.2) is 54.1 Å². The van der Waals surface area contributed by atoms with Gasteiger partial charge in [-0.2, -0.15) is 0 Å². The maximum absolute atomic E-state index is 5.84. The van der Waals surface area contributed by atoms with Crippen LogP contribution in [0.2, 0.25) is 0 Å². The molecule has 1 saturated heterocycles. The molecule has 0 aromatic rings. The van der Waals surface area contributed by atoms with Crippen molar-refractivity contribution in [3.63, 3.8) is 0 Å². The minimum atomic E-state index is 0.300. The number of nitrogens with two attached hydrogens (primary N) is 1. The van der Waals surface area contributed by atoms with E-state index in [9.17, 15) is 0 Å². The van der Waals surface area contributed by atoms with Crippen molar-refractivity contribution in [2.45, 2.75) is 70.0 Å². The van der Waals surface area contributed by atoms with E-state index in [1.165, 1.54) is 45.2 Å². The highest BCUT2D eigenvalue weighted by molar-refractivity contribution is 4.98. The number of hydrogen-bond acceptors (Lipinski definition) is 3. The summed E-state index contributed by atoms with van der Waals surface area (Å²) in [6, 6.07) is 1.46. The summed E-state index contributed by atoms with van der Waals surface area (Å²) in [6.45, 7) is 8.03. The molecule has 0 radical (unpaired) electrons. The fourth-order valence-electron chi connectivity index (χ4n) is 4.32. The molecule has 1 heterocycles. The van der Waals surface area contributed by atoms with Crippen LogP contribution in [0.25, 0.3) is 0 Å². The molecular weight excluding hydrogens is 222 g/mol. The van der Waals surface area contributed by atoms with Crippen LogP contribution in [-0.2, 0) is 0 Å². The van der Waals surface area contributed by atoms with Gasteiger partial charge in [0.15, 0.2) is 0 Å². The molecule has 0 aromatic heterocycles. The Bertz CT molecular complexity index is 258. The zero-order valence-corrected chi connectivity index (χ0v) is 12.5. The maximum atomic E-state index is 5.84. The summed E-state index contributed by atoms with van der Waals surface area (Å²) in [4.78, 5) is 5.32. The third kappa shape index (κ3) is 3.06. The van der Waals surface area contributed by atoms with Gasteiger partial charge < -0.3 is 10.6 Å². The van der Waals surface area contributed by atoms with E-state index in [0.29, 0.717) is 11.6 Å². The van der Waals surface area contributed by atoms with Crippen LogP contribution in [0.1, 0.15) is 52.4 Å². The Balaban J connectivity index is 2.13. The van der Waals surface area contributed by atoms with Gasteiger partial charge in [-0.25, -0.2) is 0 Å². The van der Waals surface area contributed by atoms with Gasteiger partial charge in [-0.15, -0.1) is 0 Å². The lowest BCUT2D eigenvalue weighted by molar-refractivity contribution is -0.0575. The zero-order chi connectivity index (χ0) is 13.2. The van der Waals surface area contributed by atoms with Crippen molar-refractivity contribution in [2.24, 2.45) is 5.73 Å². The summed E-state index contributed by atoms with van der Waals surface area (Å²) in [5, 5.41) is 0. The van der Waals surface area contributed by atoms with Crippen molar-refractivity contribution in [3.05, 3.63) is 0 Å². The van der Waals surface area contributed by atoms with Gasteiger partial charge in [0.05, 0.1) is 0 Å². The molecule has 2 fully saturated rings. The summed E-state index contributed by atoms with van der Waals surface area (Å²) in [7, 11) is 2.25. The van der Waals surface area contributed by atoms with Gasteiger partial charge in [-0.05, 0) is 46.7 Å². The standard InChI is InChI=1S/C15H31N3/c1-15(2)12-17(3)11-14(9-10-16)18(15)13-7-5-4-6-8-13/h13-14H,4-12,16H2,1-3H3. The molecule has 1 aliphatic carbocycles. The highest BCUT2D eigenvalue weighted by Crippen LogP contribution is 2.34. The Hall–Kier alpha value is -0.120. The molecule has 1 aliphatic heterocycles. The molecule has 1 atom stereocenters. The van der Waals surface area contributed by atoms with Crippen molar-refractivity contribution in [1.82, 2.24) is 9.80 Å². The Morgan fingerprint density at radius 1 is 1.17 bits per heavy atom. The topological polar surface area (TPSA) is 32.5 Å². The van der Waals surface area contributed by atoms with Crippen molar-refractivity contribution in [3.8, 4) is 0 Å². The molecule has 18 heavy (non-hydrogen) atoms. The quantitative estimate of drug-likeness (QED) is 0.835. The molecule has 0 bridgehead atoms. The molecule has 2 aliphatic rings. The second-order valence-corrected chi connectivity index (χ2v) is 6.94. The summed E-state index contributed by atoms with van der Waals surface area (Å²) in [5.74, 6) is 0. The molecule has 2 rings (SSSR count). The predicted octanol–water partition coefficient (Wildman–Crippen LogP) is 2.06. The first-order valence-electron chi connectivity index (χ1n) is 7.71. The van der Waals surface area contributed by atoms with Gasteiger partial charge >= 0.3 is 0 Å². The SMILES string of the molecule is CN1CC(CCN)N(C2CCCCC2)C(C)(C)C1. The summed E-state index contributed by atoms with van der Waals surface area (Å²) >= 11 is 0.